The number of imidazole rings is 1. The van der Waals surface area contributed by atoms with Gasteiger partial charge in [0.25, 0.3) is 0 Å². The molecule has 36 heavy (non-hydrogen) atoms. The van der Waals surface area contributed by atoms with E-state index in [1.54, 1.807) is 29.4 Å². The number of aromatic nitrogens is 2. The van der Waals surface area contributed by atoms with Crippen LogP contribution in [0, 0.1) is 5.82 Å². The number of hydrogen-bond donors (Lipinski definition) is 0. The maximum atomic E-state index is 12.8. The topological polar surface area (TPSA) is 17.8 Å². The standard InChI is InChI=1S/C16H11BF6.C9H6ClFN2/c1-2-17(13-7-3-5-11(9-13)15(18,19)20)14-8-4-6-12(10-14)16(21,22)23;10-8-5-7(11)1-2-9(8)13-4-3-12-6-13/h2-10H,1H2;1-6H. The second kappa shape index (κ2) is 11.0. The van der Waals surface area contributed by atoms with E-state index in [0.717, 1.165) is 30.0 Å². The summed E-state index contributed by atoms with van der Waals surface area (Å²) in [6.07, 6.45) is -4.04. The molecule has 0 N–H and O–H groups in total. The van der Waals surface area contributed by atoms with Gasteiger partial charge in [-0.25, -0.2) is 9.37 Å². The van der Waals surface area contributed by atoms with Crippen molar-refractivity contribution in [3.8, 4) is 5.69 Å². The van der Waals surface area contributed by atoms with Crippen molar-refractivity contribution >= 4 is 29.2 Å². The molecule has 0 aliphatic heterocycles. The Bertz CT molecular complexity index is 1260. The molecular weight excluding hydrogens is 508 g/mol. The maximum Gasteiger partial charge on any atom is 0.416 e. The number of benzene rings is 3. The van der Waals surface area contributed by atoms with Crippen molar-refractivity contribution in [3.63, 3.8) is 0 Å². The second-order valence-electron chi connectivity index (χ2n) is 7.53. The molecule has 4 rings (SSSR count). The molecule has 0 amide bonds. The van der Waals surface area contributed by atoms with Gasteiger partial charge in [-0.3, -0.25) is 0 Å². The normalized spacial score (nSPS) is 11.4. The fraction of sp³-hybridized carbons (Fsp3) is 0.0800. The predicted octanol–water partition coefficient (Wildman–Crippen LogP) is 6.72. The van der Waals surface area contributed by atoms with Gasteiger partial charge in [-0.15, -0.1) is 12.6 Å². The number of nitrogens with zero attached hydrogens (tertiary/aromatic N) is 2. The minimum absolute atomic E-state index is 0.231. The zero-order chi connectivity index (χ0) is 26.5. The van der Waals surface area contributed by atoms with Gasteiger partial charge in [0.1, 0.15) is 5.82 Å². The molecule has 0 saturated carbocycles. The summed E-state index contributed by atoms with van der Waals surface area (Å²) in [6, 6.07) is 13.2. The van der Waals surface area contributed by atoms with E-state index in [2.05, 4.69) is 11.6 Å². The summed E-state index contributed by atoms with van der Waals surface area (Å²) >= 11 is 5.83. The Morgan fingerprint density at radius 2 is 1.39 bits per heavy atom. The molecule has 0 aliphatic rings. The predicted molar refractivity (Wildman–Crippen MR) is 127 cm³/mol. The summed E-state index contributed by atoms with van der Waals surface area (Å²) in [5, 5.41) is 0.373. The highest BCUT2D eigenvalue weighted by molar-refractivity contribution is 6.89. The van der Waals surface area contributed by atoms with Gasteiger partial charge in [0, 0.05) is 12.4 Å². The fourth-order valence-corrected chi connectivity index (χ4v) is 3.64. The molecule has 1 heterocycles. The highest BCUT2D eigenvalue weighted by Crippen LogP contribution is 2.29. The van der Waals surface area contributed by atoms with Crippen molar-refractivity contribution in [2.24, 2.45) is 0 Å². The summed E-state index contributed by atoms with van der Waals surface area (Å²) < 4.78 is 91.1. The average molecular weight is 525 g/mol. The van der Waals surface area contributed by atoms with E-state index in [0.29, 0.717) is 5.02 Å². The van der Waals surface area contributed by atoms with Gasteiger partial charge >= 0.3 is 12.4 Å². The zero-order valence-electron chi connectivity index (χ0n) is 18.4. The van der Waals surface area contributed by atoms with Gasteiger partial charge in [0.2, 0.25) is 6.71 Å². The van der Waals surface area contributed by atoms with Crippen LogP contribution in [-0.4, -0.2) is 16.3 Å². The van der Waals surface area contributed by atoms with Gasteiger partial charge in [0.05, 0.1) is 28.2 Å². The minimum atomic E-state index is -4.52. The average Bonchev–Trinajstić information content (AvgIpc) is 3.34. The van der Waals surface area contributed by atoms with E-state index in [-0.39, 0.29) is 16.7 Å². The molecule has 2 nitrogen and oxygen atoms in total. The zero-order valence-corrected chi connectivity index (χ0v) is 19.1. The summed E-state index contributed by atoms with van der Waals surface area (Å²) in [5.41, 5.74) is -0.522. The molecule has 0 spiro atoms. The maximum absolute atomic E-state index is 12.8. The van der Waals surface area contributed by atoms with Crippen molar-refractivity contribution in [2.45, 2.75) is 12.4 Å². The second-order valence-corrected chi connectivity index (χ2v) is 7.93. The van der Waals surface area contributed by atoms with E-state index in [9.17, 15) is 30.7 Å². The molecule has 0 unspecified atom stereocenters. The van der Waals surface area contributed by atoms with E-state index in [1.807, 2.05) is 0 Å². The van der Waals surface area contributed by atoms with Gasteiger partial charge in [-0.05, 0) is 18.2 Å². The first-order chi connectivity index (χ1) is 16.9. The van der Waals surface area contributed by atoms with Crippen LogP contribution in [0.1, 0.15) is 11.1 Å². The lowest BCUT2D eigenvalue weighted by Crippen LogP contribution is -2.41. The molecule has 0 fully saturated rings. The molecule has 0 bridgehead atoms. The van der Waals surface area contributed by atoms with Gasteiger partial charge < -0.3 is 4.57 Å². The molecule has 4 aromatic rings. The molecule has 0 radical (unpaired) electrons. The molecule has 11 heteroatoms. The summed E-state index contributed by atoms with van der Waals surface area (Å²) in [7, 11) is 0. The Morgan fingerprint density at radius 3 is 1.81 bits per heavy atom. The van der Waals surface area contributed by atoms with Gasteiger partial charge in [-0.1, -0.05) is 71.1 Å². The highest BCUT2D eigenvalue weighted by atomic mass is 35.5. The van der Waals surface area contributed by atoms with Crippen LogP contribution >= 0.6 is 11.6 Å². The Labute approximate surface area is 207 Å². The third-order valence-corrected chi connectivity index (χ3v) is 5.38. The molecular formula is C25H17BClF7N2. The first kappa shape index (κ1) is 27.1. The SMILES string of the molecule is C=CB(c1cccc(C(F)(F)F)c1)c1cccc(C(F)(F)F)c1.Fc1ccc(-n2ccnc2)c(Cl)c1. The molecule has 0 atom stereocenters. The Balaban J connectivity index is 0.000000233. The highest BCUT2D eigenvalue weighted by Gasteiger charge is 2.33. The van der Waals surface area contributed by atoms with Gasteiger partial charge in [0.15, 0.2) is 0 Å². The first-order valence-electron chi connectivity index (χ1n) is 10.3. The summed E-state index contributed by atoms with van der Waals surface area (Å²) in [4.78, 5) is 3.87. The van der Waals surface area contributed by atoms with Crippen LogP contribution in [0.5, 0.6) is 0 Å². The van der Waals surface area contributed by atoms with Crippen LogP contribution in [-0.2, 0) is 12.4 Å². The molecule has 0 saturated heterocycles. The number of alkyl halides is 6. The van der Waals surface area contributed by atoms with Crippen molar-refractivity contribution in [1.82, 2.24) is 9.55 Å². The fourth-order valence-electron chi connectivity index (χ4n) is 3.37. The molecule has 3 aromatic carbocycles. The van der Waals surface area contributed by atoms with E-state index >= 15 is 0 Å². The lowest BCUT2D eigenvalue weighted by molar-refractivity contribution is -0.138. The first-order valence-corrected chi connectivity index (χ1v) is 10.7. The van der Waals surface area contributed by atoms with Crippen molar-refractivity contribution in [2.75, 3.05) is 0 Å². The van der Waals surface area contributed by atoms with Crippen LogP contribution < -0.4 is 10.9 Å². The van der Waals surface area contributed by atoms with Crippen LogP contribution in [0.15, 0.2) is 98.0 Å². The minimum Gasteiger partial charge on any atom is -0.305 e. The van der Waals surface area contributed by atoms with Crippen LogP contribution in [0.25, 0.3) is 5.69 Å². The largest absolute Gasteiger partial charge is 0.416 e. The lowest BCUT2D eigenvalue weighted by Gasteiger charge is -2.15. The van der Waals surface area contributed by atoms with Crippen molar-refractivity contribution < 1.29 is 30.7 Å². The number of halogens is 8. The van der Waals surface area contributed by atoms with Gasteiger partial charge in [-0.2, -0.15) is 26.3 Å². The molecule has 1 aromatic heterocycles. The van der Waals surface area contributed by atoms with E-state index in [4.69, 9.17) is 11.6 Å². The summed E-state index contributed by atoms with van der Waals surface area (Å²) in [5.74, 6) is 0.985. The Kier molecular flexibility index (Phi) is 8.30. The summed E-state index contributed by atoms with van der Waals surface area (Å²) in [6.45, 7) is 2.77. The third kappa shape index (κ3) is 6.78. The van der Waals surface area contributed by atoms with Crippen molar-refractivity contribution in [3.05, 3.63) is 120 Å². The number of rotatable bonds is 4. The lowest BCUT2D eigenvalue weighted by atomic mass is 9.41. The number of hydrogen-bond acceptors (Lipinski definition) is 1. The van der Waals surface area contributed by atoms with E-state index < -0.39 is 30.2 Å². The van der Waals surface area contributed by atoms with Crippen LogP contribution in [0.4, 0.5) is 30.7 Å². The smallest absolute Gasteiger partial charge is 0.305 e. The Hall–Kier alpha value is -3.53. The quantitative estimate of drug-likeness (QED) is 0.214. The molecule has 0 aliphatic carbocycles. The Morgan fingerprint density at radius 1 is 0.833 bits per heavy atom. The third-order valence-electron chi connectivity index (χ3n) is 5.07. The van der Waals surface area contributed by atoms with Crippen LogP contribution in [0.3, 0.4) is 0 Å². The van der Waals surface area contributed by atoms with Crippen molar-refractivity contribution in [1.29, 1.82) is 0 Å². The van der Waals surface area contributed by atoms with E-state index in [1.165, 1.54) is 42.4 Å². The van der Waals surface area contributed by atoms with Crippen LogP contribution in [0.2, 0.25) is 5.02 Å². The monoisotopic (exact) mass is 524 g/mol. The molecule has 186 valence electrons.